The van der Waals surface area contributed by atoms with Gasteiger partial charge in [0, 0.05) is 0 Å². The van der Waals surface area contributed by atoms with E-state index in [4.69, 9.17) is 9.47 Å². The van der Waals surface area contributed by atoms with Crippen LogP contribution in [0.3, 0.4) is 0 Å². The maximum Gasteiger partial charge on any atom is 0.326 e. The van der Waals surface area contributed by atoms with E-state index < -0.39 is 17.0 Å². The molecule has 3 rings (SSSR count). The van der Waals surface area contributed by atoms with Gasteiger partial charge < -0.3 is 9.47 Å². The summed E-state index contributed by atoms with van der Waals surface area (Å²) in [6.45, 7) is 1.97. The van der Waals surface area contributed by atoms with Crippen molar-refractivity contribution in [1.82, 2.24) is 4.31 Å². The van der Waals surface area contributed by atoms with Crippen molar-refractivity contribution in [3.63, 3.8) is 0 Å². The fourth-order valence-electron chi connectivity index (χ4n) is 2.68. The Balaban J connectivity index is 1.88. The second-order valence-corrected chi connectivity index (χ2v) is 7.00. The van der Waals surface area contributed by atoms with Crippen molar-refractivity contribution in [3.05, 3.63) is 59.7 Å². The number of esters is 1. The van der Waals surface area contributed by atoms with Crippen LogP contribution in [0.4, 0.5) is 0 Å². The Bertz CT molecular complexity index is 758. The number of aryl methyl sites for hydroxylation is 1. The Morgan fingerprint density at radius 1 is 1.04 bits per heavy atom. The molecule has 0 radical (unpaired) electrons. The first kappa shape index (κ1) is 16.7. The van der Waals surface area contributed by atoms with Crippen LogP contribution in [0.15, 0.2) is 53.4 Å². The standard InChI is InChI=1S/C18H19NO4S/c1-12-4-10-15(11-5-12)24(21)19-16(17(19)18(20)23-3)13-6-8-14(22-2)9-7-13/h4-11,16-17H,1-3H3. The Morgan fingerprint density at radius 2 is 1.67 bits per heavy atom. The molecule has 0 aliphatic carbocycles. The molecule has 2 aromatic rings. The Labute approximate surface area is 143 Å². The molecule has 1 fully saturated rings. The summed E-state index contributed by atoms with van der Waals surface area (Å²) in [6, 6.07) is 14.1. The highest BCUT2D eigenvalue weighted by Gasteiger charge is 2.58. The van der Waals surface area contributed by atoms with Gasteiger partial charge in [-0.05, 0) is 36.8 Å². The number of benzene rings is 2. The minimum atomic E-state index is -1.42. The highest BCUT2D eigenvalue weighted by molar-refractivity contribution is 7.83. The molecule has 0 saturated carbocycles. The monoisotopic (exact) mass is 345 g/mol. The minimum Gasteiger partial charge on any atom is -0.497 e. The molecule has 0 bridgehead atoms. The molecule has 0 amide bonds. The number of methoxy groups -OCH3 is 2. The van der Waals surface area contributed by atoms with E-state index >= 15 is 0 Å². The summed E-state index contributed by atoms with van der Waals surface area (Å²) in [5.41, 5.74) is 2.00. The molecule has 24 heavy (non-hydrogen) atoms. The molecule has 0 aromatic heterocycles. The van der Waals surface area contributed by atoms with E-state index in [9.17, 15) is 9.00 Å². The summed E-state index contributed by atoms with van der Waals surface area (Å²) >= 11 is 0. The maximum absolute atomic E-state index is 12.9. The lowest BCUT2D eigenvalue weighted by molar-refractivity contribution is -0.140. The molecule has 1 saturated heterocycles. The van der Waals surface area contributed by atoms with Gasteiger partial charge in [-0.2, -0.15) is 4.31 Å². The first-order valence-electron chi connectivity index (χ1n) is 7.55. The number of hydrogen-bond donors (Lipinski definition) is 0. The van der Waals surface area contributed by atoms with Gasteiger partial charge in [-0.3, -0.25) is 4.79 Å². The highest BCUT2D eigenvalue weighted by atomic mass is 32.2. The van der Waals surface area contributed by atoms with Gasteiger partial charge in [0.2, 0.25) is 0 Å². The summed E-state index contributed by atoms with van der Waals surface area (Å²) in [6.07, 6.45) is 0. The molecular formula is C18H19NO4S. The van der Waals surface area contributed by atoms with Gasteiger partial charge in [-0.15, -0.1) is 0 Å². The summed E-state index contributed by atoms with van der Waals surface area (Å²) in [5.74, 6) is 0.358. The molecule has 126 valence electrons. The van der Waals surface area contributed by atoms with Gasteiger partial charge in [0.25, 0.3) is 0 Å². The second-order valence-electron chi connectivity index (χ2n) is 5.61. The van der Waals surface area contributed by atoms with Gasteiger partial charge >= 0.3 is 5.97 Å². The maximum atomic E-state index is 12.9. The van der Waals surface area contributed by atoms with Crippen molar-refractivity contribution in [3.8, 4) is 5.75 Å². The molecule has 1 aliphatic rings. The van der Waals surface area contributed by atoms with E-state index in [1.54, 1.807) is 11.4 Å². The number of nitrogens with zero attached hydrogens (tertiary/aromatic N) is 1. The van der Waals surface area contributed by atoms with Crippen LogP contribution < -0.4 is 4.74 Å². The van der Waals surface area contributed by atoms with Crippen molar-refractivity contribution in [1.29, 1.82) is 0 Å². The van der Waals surface area contributed by atoms with Gasteiger partial charge in [0.05, 0.1) is 25.2 Å². The quantitative estimate of drug-likeness (QED) is 0.617. The van der Waals surface area contributed by atoms with E-state index in [1.165, 1.54) is 7.11 Å². The van der Waals surface area contributed by atoms with Crippen LogP contribution in [0.2, 0.25) is 0 Å². The van der Waals surface area contributed by atoms with E-state index in [0.717, 1.165) is 16.9 Å². The van der Waals surface area contributed by atoms with Crippen LogP contribution >= 0.6 is 0 Å². The topological polar surface area (TPSA) is 55.6 Å². The lowest BCUT2D eigenvalue weighted by Crippen LogP contribution is -2.16. The third kappa shape index (κ3) is 3.07. The zero-order valence-corrected chi connectivity index (χ0v) is 14.6. The van der Waals surface area contributed by atoms with E-state index in [2.05, 4.69) is 0 Å². The average Bonchev–Trinajstić information content (AvgIpc) is 3.36. The zero-order chi connectivity index (χ0) is 17.3. The lowest BCUT2D eigenvalue weighted by atomic mass is 10.1. The third-order valence-electron chi connectivity index (χ3n) is 4.07. The zero-order valence-electron chi connectivity index (χ0n) is 13.8. The molecule has 0 spiro atoms. The van der Waals surface area contributed by atoms with Gasteiger partial charge in [0.15, 0.2) is 0 Å². The fourth-order valence-corrected chi connectivity index (χ4v) is 4.09. The SMILES string of the molecule is COC(=O)C1C(c2ccc(OC)cc2)N1S(=O)c1ccc(C)cc1. The van der Waals surface area contributed by atoms with Gasteiger partial charge in [-0.1, -0.05) is 29.8 Å². The predicted molar refractivity (Wildman–Crippen MR) is 91.0 cm³/mol. The first-order chi connectivity index (χ1) is 11.6. The molecule has 2 aromatic carbocycles. The van der Waals surface area contributed by atoms with Crippen molar-refractivity contribution >= 4 is 17.0 Å². The van der Waals surface area contributed by atoms with Crippen LogP contribution in [-0.2, 0) is 20.5 Å². The van der Waals surface area contributed by atoms with Crippen LogP contribution in [-0.4, -0.2) is 34.7 Å². The molecular weight excluding hydrogens is 326 g/mol. The van der Waals surface area contributed by atoms with E-state index in [0.29, 0.717) is 4.90 Å². The predicted octanol–water partition coefficient (Wildman–Crippen LogP) is 2.62. The second kappa shape index (κ2) is 6.75. The Kier molecular flexibility index (Phi) is 4.69. The van der Waals surface area contributed by atoms with Crippen LogP contribution in [0.5, 0.6) is 5.75 Å². The number of ether oxygens (including phenoxy) is 2. The summed E-state index contributed by atoms with van der Waals surface area (Å²) in [5, 5.41) is 0. The molecule has 4 atom stereocenters. The molecule has 1 heterocycles. The normalized spacial score (nSPS) is 23.4. The van der Waals surface area contributed by atoms with Crippen molar-refractivity contribution in [2.75, 3.05) is 14.2 Å². The van der Waals surface area contributed by atoms with Crippen LogP contribution in [0, 0.1) is 6.92 Å². The van der Waals surface area contributed by atoms with Crippen LogP contribution in [0.25, 0.3) is 0 Å². The average molecular weight is 345 g/mol. The summed E-state index contributed by atoms with van der Waals surface area (Å²) in [7, 11) is 1.52. The van der Waals surface area contributed by atoms with Crippen molar-refractivity contribution in [2.45, 2.75) is 23.9 Å². The molecule has 0 N–H and O–H groups in total. The van der Waals surface area contributed by atoms with E-state index in [1.807, 2.05) is 55.5 Å². The highest BCUT2D eigenvalue weighted by Crippen LogP contribution is 2.46. The number of rotatable bonds is 5. The largest absolute Gasteiger partial charge is 0.497 e. The number of carbonyl (C=O) groups excluding carboxylic acids is 1. The fraction of sp³-hybridized carbons (Fsp3) is 0.278. The molecule has 4 unspecified atom stereocenters. The lowest BCUT2D eigenvalue weighted by Gasteiger charge is -2.05. The van der Waals surface area contributed by atoms with E-state index in [-0.39, 0.29) is 12.0 Å². The third-order valence-corrected chi connectivity index (χ3v) is 5.58. The van der Waals surface area contributed by atoms with Crippen LogP contribution in [0.1, 0.15) is 17.2 Å². The summed E-state index contributed by atoms with van der Waals surface area (Å²) in [4.78, 5) is 12.7. The van der Waals surface area contributed by atoms with Crippen molar-refractivity contribution < 1.29 is 18.5 Å². The van der Waals surface area contributed by atoms with Crippen molar-refractivity contribution in [2.24, 2.45) is 0 Å². The minimum absolute atomic E-state index is 0.259. The van der Waals surface area contributed by atoms with Gasteiger partial charge in [0.1, 0.15) is 22.8 Å². The Morgan fingerprint density at radius 3 is 2.21 bits per heavy atom. The molecule has 1 aliphatic heterocycles. The Hall–Kier alpha value is -2.18. The first-order valence-corrected chi connectivity index (χ1v) is 8.66. The number of hydrogen-bond acceptors (Lipinski definition) is 4. The van der Waals surface area contributed by atoms with Gasteiger partial charge in [-0.25, -0.2) is 4.21 Å². The number of carbonyl (C=O) groups is 1. The smallest absolute Gasteiger partial charge is 0.326 e. The summed E-state index contributed by atoms with van der Waals surface area (Å²) < 4.78 is 24.5. The molecule has 6 heteroatoms. The molecule has 5 nitrogen and oxygen atoms in total.